The Bertz CT molecular complexity index is 1690. The fourth-order valence-corrected chi connectivity index (χ4v) is 5.94. The lowest BCUT2D eigenvalue weighted by molar-refractivity contribution is 0.633. The molecular weight excluding hydrogens is 512 g/mol. The standard InChI is InChI=1S/C38H42N4/c1-3-5-11-31-23-19-27-15-17-29-21-25-33(41-37(29)35(27)39-31)13-9-7-8-10-14-34-26-22-30-18-16-28-20-24-32(12-6-4-2)40-36(28)38(30)42-34/h15-26H,3-14H2,1-2H3. The summed E-state index contributed by atoms with van der Waals surface area (Å²) < 4.78 is 0. The smallest absolute Gasteiger partial charge is 0.0967 e. The Labute approximate surface area is 249 Å². The zero-order valence-electron chi connectivity index (χ0n) is 25.2. The number of hydrogen-bond donors (Lipinski definition) is 0. The summed E-state index contributed by atoms with van der Waals surface area (Å²) in [6.07, 6.45) is 13.5. The number of aromatic nitrogens is 4. The summed E-state index contributed by atoms with van der Waals surface area (Å²) in [5.41, 5.74) is 8.87. The van der Waals surface area contributed by atoms with Crippen LogP contribution in [0.4, 0.5) is 0 Å². The van der Waals surface area contributed by atoms with Gasteiger partial charge in [-0.25, -0.2) is 0 Å². The summed E-state index contributed by atoms with van der Waals surface area (Å²) in [4.78, 5) is 20.2. The third-order valence-electron chi connectivity index (χ3n) is 8.46. The van der Waals surface area contributed by atoms with Crippen LogP contribution in [0.5, 0.6) is 0 Å². The van der Waals surface area contributed by atoms with Crippen LogP contribution in [-0.4, -0.2) is 19.9 Å². The highest BCUT2D eigenvalue weighted by Gasteiger charge is 2.09. The van der Waals surface area contributed by atoms with Crippen molar-refractivity contribution in [1.82, 2.24) is 19.9 Å². The molecule has 0 aliphatic heterocycles. The molecule has 0 N–H and O–H groups in total. The SMILES string of the molecule is CCCCc1ccc2ccc3ccc(CCCCCCc4ccc5ccc6ccc(CCCC)nc6c5n4)nc3c2n1. The average molecular weight is 555 g/mol. The van der Waals surface area contributed by atoms with E-state index in [2.05, 4.69) is 86.6 Å². The van der Waals surface area contributed by atoms with Crippen LogP contribution in [0.3, 0.4) is 0 Å². The van der Waals surface area contributed by atoms with Gasteiger partial charge in [0.05, 0.1) is 22.1 Å². The molecule has 4 heterocycles. The molecule has 4 heteroatoms. The summed E-state index contributed by atoms with van der Waals surface area (Å²) >= 11 is 0. The van der Waals surface area contributed by atoms with Gasteiger partial charge in [-0.15, -0.1) is 0 Å². The summed E-state index contributed by atoms with van der Waals surface area (Å²) in [6.45, 7) is 4.46. The van der Waals surface area contributed by atoms with Crippen LogP contribution in [0.15, 0.2) is 72.8 Å². The van der Waals surface area contributed by atoms with Crippen LogP contribution in [0.1, 0.15) is 88.0 Å². The van der Waals surface area contributed by atoms with Gasteiger partial charge in [-0.2, -0.15) is 0 Å². The van der Waals surface area contributed by atoms with Gasteiger partial charge < -0.3 is 0 Å². The first kappa shape index (κ1) is 28.2. The van der Waals surface area contributed by atoms with E-state index in [1.807, 2.05) is 0 Å². The predicted molar refractivity (Wildman–Crippen MR) is 177 cm³/mol. The number of fused-ring (bicyclic) bond motifs is 6. The highest BCUT2D eigenvalue weighted by atomic mass is 14.8. The molecule has 0 atom stereocenters. The van der Waals surface area contributed by atoms with Crippen molar-refractivity contribution in [2.75, 3.05) is 0 Å². The van der Waals surface area contributed by atoms with Crippen molar-refractivity contribution in [2.24, 2.45) is 0 Å². The minimum absolute atomic E-state index is 1.01. The van der Waals surface area contributed by atoms with Crippen LogP contribution in [0.25, 0.3) is 43.6 Å². The van der Waals surface area contributed by atoms with Crippen molar-refractivity contribution >= 4 is 43.6 Å². The molecular formula is C38H42N4. The number of benzene rings is 2. The van der Waals surface area contributed by atoms with E-state index >= 15 is 0 Å². The second-order valence-corrected chi connectivity index (χ2v) is 11.7. The predicted octanol–water partition coefficient (Wildman–Crippen LogP) is 9.91. The molecule has 4 aromatic heterocycles. The van der Waals surface area contributed by atoms with Gasteiger partial charge in [0.25, 0.3) is 0 Å². The zero-order chi connectivity index (χ0) is 28.7. The Hall–Kier alpha value is -3.92. The van der Waals surface area contributed by atoms with Crippen LogP contribution in [0, 0.1) is 0 Å². The van der Waals surface area contributed by atoms with Crippen LogP contribution < -0.4 is 0 Å². The lowest BCUT2D eigenvalue weighted by atomic mass is 10.0. The van der Waals surface area contributed by atoms with E-state index in [-0.39, 0.29) is 0 Å². The van der Waals surface area contributed by atoms with Gasteiger partial charge in [-0.1, -0.05) is 88.1 Å². The molecule has 0 spiro atoms. The number of rotatable bonds is 13. The largest absolute Gasteiger partial charge is 0.251 e. The second-order valence-electron chi connectivity index (χ2n) is 11.7. The summed E-state index contributed by atoms with van der Waals surface area (Å²) in [7, 11) is 0. The molecule has 6 aromatic rings. The molecule has 214 valence electrons. The van der Waals surface area contributed by atoms with Gasteiger partial charge in [0.2, 0.25) is 0 Å². The Balaban J connectivity index is 1.06. The maximum absolute atomic E-state index is 5.09. The van der Waals surface area contributed by atoms with Gasteiger partial charge in [0.15, 0.2) is 0 Å². The first-order valence-corrected chi connectivity index (χ1v) is 16.1. The zero-order valence-corrected chi connectivity index (χ0v) is 25.2. The molecule has 4 nitrogen and oxygen atoms in total. The van der Waals surface area contributed by atoms with E-state index in [1.165, 1.54) is 82.8 Å². The normalized spacial score (nSPS) is 11.8. The average Bonchev–Trinajstić information content (AvgIpc) is 3.04. The molecule has 0 saturated carbocycles. The highest BCUT2D eigenvalue weighted by molar-refractivity contribution is 6.03. The molecule has 0 radical (unpaired) electrons. The first-order chi connectivity index (χ1) is 20.7. The Morgan fingerprint density at radius 2 is 0.595 bits per heavy atom. The topological polar surface area (TPSA) is 51.6 Å². The monoisotopic (exact) mass is 554 g/mol. The van der Waals surface area contributed by atoms with Crippen molar-refractivity contribution < 1.29 is 0 Å². The first-order valence-electron chi connectivity index (χ1n) is 16.1. The van der Waals surface area contributed by atoms with E-state index < -0.39 is 0 Å². The van der Waals surface area contributed by atoms with Crippen molar-refractivity contribution in [3.05, 3.63) is 95.6 Å². The Kier molecular flexibility index (Phi) is 8.98. The number of nitrogens with zero attached hydrogens (tertiary/aromatic N) is 4. The third kappa shape index (κ3) is 6.43. The van der Waals surface area contributed by atoms with Gasteiger partial charge in [0.1, 0.15) is 0 Å². The van der Waals surface area contributed by atoms with Crippen molar-refractivity contribution in [1.29, 1.82) is 0 Å². The third-order valence-corrected chi connectivity index (χ3v) is 8.46. The van der Waals surface area contributed by atoms with Gasteiger partial charge in [-0.05, 0) is 75.6 Å². The molecule has 0 fully saturated rings. The van der Waals surface area contributed by atoms with Crippen LogP contribution in [-0.2, 0) is 25.7 Å². The van der Waals surface area contributed by atoms with E-state index in [9.17, 15) is 0 Å². The van der Waals surface area contributed by atoms with E-state index in [1.54, 1.807) is 0 Å². The molecule has 0 amide bonds. The van der Waals surface area contributed by atoms with Gasteiger partial charge in [0, 0.05) is 44.3 Å². The molecule has 0 bridgehead atoms. The van der Waals surface area contributed by atoms with Crippen molar-refractivity contribution in [3.8, 4) is 0 Å². The van der Waals surface area contributed by atoms with E-state index in [0.717, 1.165) is 60.6 Å². The lowest BCUT2D eigenvalue weighted by Crippen LogP contribution is -1.96. The molecule has 2 aromatic carbocycles. The minimum atomic E-state index is 1.01. The molecule has 42 heavy (non-hydrogen) atoms. The summed E-state index contributed by atoms with van der Waals surface area (Å²) in [5, 5.41) is 4.70. The van der Waals surface area contributed by atoms with Gasteiger partial charge in [-0.3, -0.25) is 19.9 Å². The molecule has 6 rings (SSSR count). The highest BCUT2D eigenvalue weighted by Crippen LogP contribution is 2.26. The molecule has 0 aliphatic carbocycles. The second kappa shape index (κ2) is 13.4. The van der Waals surface area contributed by atoms with Crippen molar-refractivity contribution in [2.45, 2.75) is 90.9 Å². The maximum Gasteiger partial charge on any atom is 0.0967 e. The fourth-order valence-electron chi connectivity index (χ4n) is 5.94. The Morgan fingerprint density at radius 3 is 0.881 bits per heavy atom. The van der Waals surface area contributed by atoms with E-state index in [4.69, 9.17) is 19.9 Å². The van der Waals surface area contributed by atoms with Crippen molar-refractivity contribution in [3.63, 3.8) is 0 Å². The fraction of sp³-hybridized carbons (Fsp3) is 0.368. The van der Waals surface area contributed by atoms with Gasteiger partial charge >= 0.3 is 0 Å². The number of unbranched alkanes of at least 4 members (excludes halogenated alkanes) is 5. The van der Waals surface area contributed by atoms with Crippen LogP contribution in [0.2, 0.25) is 0 Å². The molecule has 0 unspecified atom stereocenters. The summed E-state index contributed by atoms with van der Waals surface area (Å²) in [6, 6.07) is 26.3. The number of pyridine rings is 4. The Morgan fingerprint density at radius 1 is 0.333 bits per heavy atom. The lowest BCUT2D eigenvalue weighted by Gasteiger charge is -2.08. The maximum atomic E-state index is 5.09. The number of hydrogen-bond acceptors (Lipinski definition) is 4. The summed E-state index contributed by atoms with van der Waals surface area (Å²) in [5.74, 6) is 0. The quantitative estimate of drug-likeness (QED) is 0.105. The molecule has 0 saturated heterocycles. The number of aryl methyl sites for hydroxylation is 4. The minimum Gasteiger partial charge on any atom is -0.251 e. The van der Waals surface area contributed by atoms with Crippen LogP contribution >= 0.6 is 0 Å². The molecule has 0 aliphatic rings. The van der Waals surface area contributed by atoms with E-state index in [0.29, 0.717) is 0 Å².